The molecule has 0 unspecified atom stereocenters. The molecule has 5 nitrogen and oxygen atoms in total. The van der Waals surface area contributed by atoms with Crippen LogP contribution in [0.15, 0.2) is 0 Å². The van der Waals surface area contributed by atoms with Gasteiger partial charge in [-0.25, -0.2) is 0 Å². The summed E-state index contributed by atoms with van der Waals surface area (Å²) in [7, 11) is 0. The molecule has 1 N–H and O–H groups in total. The van der Waals surface area contributed by atoms with Crippen molar-refractivity contribution in [1.29, 1.82) is 0 Å². The number of amides is 2. The Kier molecular flexibility index (Phi) is 7.08. The van der Waals surface area contributed by atoms with Crippen molar-refractivity contribution >= 4 is 11.8 Å². The maximum absolute atomic E-state index is 12.9. The van der Waals surface area contributed by atoms with Crippen LogP contribution in [-0.2, 0) is 9.59 Å². The lowest BCUT2D eigenvalue weighted by Gasteiger charge is -2.37. The minimum atomic E-state index is -0.384. The SMILES string of the molecule is CCN1CCN(C(=O)[C@@H](NC(=O)C2CCC(C)CC2)C(C)C)CC1. The first-order valence-electron chi connectivity index (χ1n) is 9.73. The second-order valence-corrected chi connectivity index (χ2v) is 7.95. The summed E-state index contributed by atoms with van der Waals surface area (Å²) >= 11 is 0. The average molecular weight is 338 g/mol. The predicted octanol–water partition coefficient (Wildman–Crippen LogP) is 2.12. The molecule has 1 aliphatic heterocycles. The van der Waals surface area contributed by atoms with E-state index in [0.717, 1.165) is 64.3 Å². The van der Waals surface area contributed by atoms with E-state index in [2.05, 4.69) is 24.1 Å². The lowest BCUT2D eigenvalue weighted by atomic mass is 9.82. The van der Waals surface area contributed by atoms with Crippen LogP contribution in [0.25, 0.3) is 0 Å². The van der Waals surface area contributed by atoms with Crippen molar-refractivity contribution in [1.82, 2.24) is 15.1 Å². The van der Waals surface area contributed by atoms with Gasteiger partial charge in [0.1, 0.15) is 6.04 Å². The van der Waals surface area contributed by atoms with Gasteiger partial charge in [-0.05, 0) is 44.1 Å². The van der Waals surface area contributed by atoms with Gasteiger partial charge in [-0.2, -0.15) is 0 Å². The van der Waals surface area contributed by atoms with Crippen molar-refractivity contribution < 1.29 is 9.59 Å². The molecule has 138 valence electrons. The molecular formula is C19H35N3O2. The van der Waals surface area contributed by atoms with E-state index in [1.807, 2.05) is 18.7 Å². The van der Waals surface area contributed by atoms with Gasteiger partial charge in [0.15, 0.2) is 0 Å². The van der Waals surface area contributed by atoms with E-state index in [4.69, 9.17) is 0 Å². The van der Waals surface area contributed by atoms with Crippen LogP contribution in [0.5, 0.6) is 0 Å². The maximum atomic E-state index is 12.9. The number of carbonyl (C=O) groups excluding carboxylic acids is 2. The summed E-state index contributed by atoms with van der Waals surface area (Å²) in [5.41, 5.74) is 0. The van der Waals surface area contributed by atoms with Crippen LogP contribution in [0.1, 0.15) is 53.4 Å². The van der Waals surface area contributed by atoms with Gasteiger partial charge in [0, 0.05) is 32.1 Å². The molecule has 2 fully saturated rings. The zero-order valence-corrected chi connectivity index (χ0v) is 15.9. The fraction of sp³-hybridized carbons (Fsp3) is 0.895. The van der Waals surface area contributed by atoms with Crippen LogP contribution in [-0.4, -0.2) is 60.4 Å². The van der Waals surface area contributed by atoms with Crippen LogP contribution >= 0.6 is 0 Å². The van der Waals surface area contributed by atoms with Crippen LogP contribution in [0.4, 0.5) is 0 Å². The summed E-state index contributed by atoms with van der Waals surface area (Å²) in [6, 6.07) is -0.384. The third-order valence-electron chi connectivity index (χ3n) is 5.75. The summed E-state index contributed by atoms with van der Waals surface area (Å²) in [6.45, 7) is 12.9. The van der Waals surface area contributed by atoms with Gasteiger partial charge in [0.2, 0.25) is 11.8 Å². The molecule has 5 heteroatoms. The predicted molar refractivity (Wildman–Crippen MR) is 96.6 cm³/mol. The van der Waals surface area contributed by atoms with Crippen molar-refractivity contribution in [2.45, 2.75) is 59.4 Å². The highest BCUT2D eigenvalue weighted by Crippen LogP contribution is 2.28. The third kappa shape index (κ3) is 4.95. The number of likely N-dealkylation sites (N-methyl/N-ethyl adjacent to an activating group) is 1. The second kappa shape index (κ2) is 8.84. The molecule has 0 spiro atoms. The summed E-state index contributed by atoms with van der Waals surface area (Å²) in [5, 5.41) is 3.08. The van der Waals surface area contributed by atoms with E-state index in [1.165, 1.54) is 0 Å². The molecule has 1 saturated heterocycles. The van der Waals surface area contributed by atoms with Crippen LogP contribution < -0.4 is 5.32 Å². The number of nitrogens with zero attached hydrogens (tertiary/aromatic N) is 2. The number of piperazine rings is 1. The van der Waals surface area contributed by atoms with Gasteiger partial charge in [0.05, 0.1) is 0 Å². The molecule has 2 amide bonds. The number of hydrogen-bond acceptors (Lipinski definition) is 3. The highest BCUT2D eigenvalue weighted by atomic mass is 16.2. The smallest absolute Gasteiger partial charge is 0.245 e. The molecular weight excluding hydrogens is 302 g/mol. The Balaban J connectivity index is 1.91. The van der Waals surface area contributed by atoms with Crippen molar-refractivity contribution in [3.63, 3.8) is 0 Å². The van der Waals surface area contributed by atoms with Crippen LogP contribution in [0.3, 0.4) is 0 Å². The van der Waals surface area contributed by atoms with Gasteiger partial charge in [0.25, 0.3) is 0 Å². The van der Waals surface area contributed by atoms with Crippen molar-refractivity contribution in [2.24, 2.45) is 17.8 Å². The average Bonchev–Trinajstić information content (AvgIpc) is 2.59. The van der Waals surface area contributed by atoms with Crippen molar-refractivity contribution in [3.8, 4) is 0 Å². The molecule has 0 aromatic heterocycles. The van der Waals surface area contributed by atoms with Gasteiger partial charge in [-0.15, -0.1) is 0 Å². The number of hydrogen-bond donors (Lipinski definition) is 1. The van der Waals surface area contributed by atoms with E-state index >= 15 is 0 Å². The number of rotatable bonds is 5. The van der Waals surface area contributed by atoms with E-state index in [9.17, 15) is 9.59 Å². The largest absolute Gasteiger partial charge is 0.344 e. The minimum absolute atomic E-state index is 0.0844. The zero-order chi connectivity index (χ0) is 17.7. The Morgan fingerprint density at radius 1 is 1.04 bits per heavy atom. The maximum Gasteiger partial charge on any atom is 0.245 e. The van der Waals surface area contributed by atoms with Crippen molar-refractivity contribution in [3.05, 3.63) is 0 Å². The Labute approximate surface area is 147 Å². The van der Waals surface area contributed by atoms with Gasteiger partial charge >= 0.3 is 0 Å². The first kappa shape index (κ1) is 19.2. The number of nitrogens with one attached hydrogen (secondary N) is 1. The van der Waals surface area contributed by atoms with E-state index in [-0.39, 0.29) is 29.7 Å². The van der Waals surface area contributed by atoms with E-state index in [0.29, 0.717) is 0 Å². The highest BCUT2D eigenvalue weighted by Gasteiger charge is 2.33. The Morgan fingerprint density at radius 3 is 2.12 bits per heavy atom. The molecule has 0 aromatic rings. The van der Waals surface area contributed by atoms with E-state index < -0.39 is 0 Å². The first-order valence-corrected chi connectivity index (χ1v) is 9.73. The van der Waals surface area contributed by atoms with Gasteiger partial charge < -0.3 is 15.1 Å². The van der Waals surface area contributed by atoms with Gasteiger partial charge in [-0.3, -0.25) is 9.59 Å². The monoisotopic (exact) mass is 337 g/mol. The molecule has 1 atom stereocenters. The third-order valence-corrected chi connectivity index (χ3v) is 5.75. The molecule has 0 aromatic carbocycles. The summed E-state index contributed by atoms with van der Waals surface area (Å²) in [5.74, 6) is 1.12. The van der Waals surface area contributed by atoms with Crippen LogP contribution in [0.2, 0.25) is 0 Å². The van der Waals surface area contributed by atoms with Crippen LogP contribution in [0, 0.1) is 17.8 Å². The lowest BCUT2D eigenvalue weighted by molar-refractivity contribution is -0.140. The zero-order valence-electron chi connectivity index (χ0n) is 15.9. The fourth-order valence-electron chi connectivity index (χ4n) is 3.79. The summed E-state index contributed by atoms with van der Waals surface area (Å²) in [4.78, 5) is 29.8. The minimum Gasteiger partial charge on any atom is -0.344 e. The molecule has 2 rings (SSSR count). The molecule has 0 radical (unpaired) electrons. The molecule has 24 heavy (non-hydrogen) atoms. The summed E-state index contributed by atoms with van der Waals surface area (Å²) < 4.78 is 0. The quantitative estimate of drug-likeness (QED) is 0.836. The van der Waals surface area contributed by atoms with Gasteiger partial charge in [-0.1, -0.05) is 27.7 Å². The Bertz CT molecular complexity index is 422. The lowest BCUT2D eigenvalue weighted by Crippen LogP contribution is -2.57. The number of carbonyl (C=O) groups is 2. The van der Waals surface area contributed by atoms with Crippen molar-refractivity contribution in [2.75, 3.05) is 32.7 Å². The topological polar surface area (TPSA) is 52.6 Å². The molecule has 1 aliphatic carbocycles. The fourth-order valence-corrected chi connectivity index (χ4v) is 3.79. The molecule has 1 saturated carbocycles. The molecule has 2 aliphatic rings. The first-order chi connectivity index (χ1) is 11.4. The standard InChI is InChI=1S/C19H35N3O2/c1-5-21-10-12-22(13-11-21)19(24)17(14(2)3)20-18(23)16-8-6-15(4)7-9-16/h14-17H,5-13H2,1-4H3,(H,20,23)/t15?,16?,17-/m0/s1. The molecule has 1 heterocycles. The second-order valence-electron chi connectivity index (χ2n) is 7.95. The normalized spacial score (nSPS) is 27.1. The Hall–Kier alpha value is -1.10. The summed E-state index contributed by atoms with van der Waals surface area (Å²) in [6.07, 6.45) is 4.16. The Morgan fingerprint density at radius 2 is 1.62 bits per heavy atom. The molecule has 0 bridgehead atoms. The highest BCUT2D eigenvalue weighted by molar-refractivity contribution is 5.88. The van der Waals surface area contributed by atoms with E-state index in [1.54, 1.807) is 0 Å².